The van der Waals surface area contributed by atoms with Crippen LogP contribution in [0.5, 0.6) is 0 Å². The van der Waals surface area contributed by atoms with E-state index in [1.807, 2.05) is 6.92 Å². The van der Waals surface area contributed by atoms with Gasteiger partial charge in [-0.05, 0) is 50.1 Å². The SMILES string of the molecule is Cc1ccc(S(=O)(=O)N2CCC(C(=O)Nc3ccc(Cl)c(F)c3)CC2)cc1. The Morgan fingerprint density at radius 2 is 1.78 bits per heavy atom. The molecule has 1 aliphatic heterocycles. The van der Waals surface area contributed by atoms with Gasteiger partial charge in [-0.1, -0.05) is 29.3 Å². The van der Waals surface area contributed by atoms with Crippen LogP contribution in [0.4, 0.5) is 10.1 Å². The molecule has 27 heavy (non-hydrogen) atoms. The van der Waals surface area contributed by atoms with Gasteiger partial charge in [-0.25, -0.2) is 12.8 Å². The molecule has 0 saturated carbocycles. The van der Waals surface area contributed by atoms with E-state index in [1.165, 1.54) is 16.4 Å². The van der Waals surface area contributed by atoms with Crippen molar-refractivity contribution in [1.29, 1.82) is 0 Å². The second-order valence-corrected chi connectivity index (χ2v) is 8.95. The molecule has 0 spiro atoms. The summed E-state index contributed by atoms with van der Waals surface area (Å²) in [6, 6.07) is 10.8. The van der Waals surface area contributed by atoms with E-state index < -0.39 is 15.8 Å². The molecule has 1 fully saturated rings. The van der Waals surface area contributed by atoms with Gasteiger partial charge in [0.2, 0.25) is 15.9 Å². The van der Waals surface area contributed by atoms with Crippen LogP contribution in [0.3, 0.4) is 0 Å². The highest BCUT2D eigenvalue weighted by Gasteiger charge is 2.32. The van der Waals surface area contributed by atoms with Gasteiger partial charge in [0.1, 0.15) is 5.82 Å². The van der Waals surface area contributed by atoms with Crippen LogP contribution in [0.2, 0.25) is 5.02 Å². The highest BCUT2D eigenvalue weighted by molar-refractivity contribution is 7.89. The first kappa shape index (κ1) is 19.8. The maximum Gasteiger partial charge on any atom is 0.243 e. The third-order valence-corrected chi connectivity index (χ3v) is 6.89. The van der Waals surface area contributed by atoms with Crippen LogP contribution < -0.4 is 5.32 Å². The average molecular weight is 411 g/mol. The molecule has 5 nitrogen and oxygen atoms in total. The predicted octanol–water partition coefficient (Wildman–Crippen LogP) is 3.83. The summed E-state index contributed by atoms with van der Waals surface area (Å²) in [5.74, 6) is -1.18. The van der Waals surface area contributed by atoms with Crippen LogP contribution in [0.15, 0.2) is 47.4 Å². The molecule has 2 aromatic rings. The molecular formula is C19H20ClFN2O3S. The maximum absolute atomic E-state index is 13.5. The number of benzene rings is 2. The fraction of sp³-hybridized carbons (Fsp3) is 0.316. The largest absolute Gasteiger partial charge is 0.326 e. The number of halogens is 2. The average Bonchev–Trinajstić information content (AvgIpc) is 2.65. The third-order valence-electron chi connectivity index (χ3n) is 4.67. The lowest BCUT2D eigenvalue weighted by molar-refractivity contribution is -0.120. The number of rotatable bonds is 4. The van der Waals surface area contributed by atoms with Crippen molar-refractivity contribution >= 4 is 33.2 Å². The minimum Gasteiger partial charge on any atom is -0.326 e. The Kier molecular flexibility index (Phi) is 5.83. The minimum absolute atomic E-state index is 0.0115. The van der Waals surface area contributed by atoms with E-state index >= 15 is 0 Å². The van der Waals surface area contributed by atoms with E-state index in [2.05, 4.69) is 5.32 Å². The number of aryl methyl sites for hydroxylation is 1. The van der Waals surface area contributed by atoms with E-state index in [-0.39, 0.29) is 34.8 Å². The number of hydrogen-bond acceptors (Lipinski definition) is 3. The highest BCUT2D eigenvalue weighted by Crippen LogP contribution is 2.26. The Balaban J connectivity index is 1.61. The van der Waals surface area contributed by atoms with Crippen LogP contribution in [0.25, 0.3) is 0 Å². The van der Waals surface area contributed by atoms with Gasteiger partial charge in [-0.15, -0.1) is 0 Å². The van der Waals surface area contributed by atoms with Crippen molar-refractivity contribution in [3.63, 3.8) is 0 Å². The molecule has 1 aliphatic rings. The molecule has 0 atom stereocenters. The van der Waals surface area contributed by atoms with Crippen molar-refractivity contribution in [2.24, 2.45) is 5.92 Å². The number of carbonyl (C=O) groups is 1. The number of amides is 1. The number of hydrogen-bond donors (Lipinski definition) is 1. The summed E-state index contributed by atoms with van der Waals surface area (Å²) in [6.07, 6.45) is 0.819. The third kappa shape index (κ3) is 4.48. The number of carbonyl (C=O) groups excluding carboxylic acids is 1. The van der Waals surface area contributed by atoms with Gasteiger partial charge in [0, 0.05) is 24.7 Å². The Morgan fingerprint density at radius 1 is 1.15 bits per heavy atom. The van der Waals surface area contributed by atoms with Gasteiger partial charge in [-0.3, -0.25) is 4.79 Å². The van der Waals surface area contributed by atoms with Crippen molar-refractivity contribution in [2.75, 3.05) is 18.4 Å². The number of piperidine rings is 1. The molecule has 0 unspecified atom stereocenters. The highest BCUT2D eigenvalue weighted by atomic mass is 35.5. The lowest BCUT2D eigenvalue weighted by Gasteiger charge is -2.30. The molecule has 3 rings (SSSR count). The van der Waals surface area contributed by atoms with E-state index in [0.29, 0.717) is 18.5 Å². The first-order valence-corrected chi connectivity index (χ1v) is 10.4. The fourth-order valence-corrected chi connectivity index (χ4v) is 4.62. The summed E-state index contributed by atoms with van der Waals surface area (Å²) in [4.78, 5) is 12.7. The summed E-state index contributed by atoms with van der Waals surface area (Å²) in [6.45, 7) is 2.43. The van der Waals surface area contributed by atoms with Crippen LogP contribution in [0.1, 0.15) is 18.4 Å². The van der Waals surface area contributed by atoms with Gasteiger partial charge in [0.15, 0.2) is 0 Å². The van der Waals surface area contributed by atoms with Crippen molar-refractivity contribution in [3.8, 4) is 0 Å². The first-order chi connectivity index (χ1) is 12.8. The normalized spacial score (nSPS) is 16.3. The zero-order chi connectivity index (χ0) is 19.6. The summed E-state index contributed by atoms with van der Waals surface area (Å²) in [5.41, 5.74) is 1.32. The molecule has 1 N–H and O–H groups in total. The maximum atomic E-state index is 13.5. The van der Waals surface area contributed by atoms with Crippen LogP contribution in [-0.2, 0) is 14.8 Å². The van der Waals surface area contributed by atoms with Crippen LogP contribution >= 0.6 is 11.6 Å². The monoisotopic (exact) mass is 410 g/mol. The van der Waals surface area contributed by atoms with Gasteiger partial charge in [-0.2, -0.15) is 4.31 Å². The predicted molar refractivity (Wildman–Crippen MR) is 103 cm³/mol. The molecule has 1 amide bonds. The number of nitrogens with zero attached hydrogens (tertiary/aromatic N) is 1. The van der Waals surface area contributed by atoms with E-state index in [9.17, 15) is 17.6 Å². The Bertz CT molecular complexity index is 940. The molecule has 144 valence electrons. The minimum atomic E-state index is -3.56. The summed E-state index contributed by atoms with van der Waals surface area (Å²) in [5, 5.41) is 2.65. The fourth-order valence-electron chi connectivity index (χ4n) is 3.04. The van der Waals surface area contributed by atoms with Gasteiger partial charge in [0.05, 0.1) is 9.92 Å². The zero-order valence-electron chi connectivity index (χ0n) is 14.8. The van der Waals surface area contributed by atoms with Gasteiger partial charge in [0.25, 0.3) is 0 Å². The van der Waals surface area contributed by atoms with Crippen molar-refractivity contribution in [2.45, 2.75) is 24.7 Å². The molecule has 2 aromatic carbocycles. The van der Waals surface area contributed by atoms with Crippen molar-refractivity contribution in [1.82, 2.24) is 4.31 Å². The number of sulfonamides is 1. The van der Waals surface area contributed by atoms with Crippen molar-refractivity contribution < 1.29 is 17.6 Å². The van der Waals surface area contributed by atoms with Crippen LogP contribution in [0, 0.1) is 18.7 Å². The topological polar surface area (TPSA) is 66.5 Å². The van der Waals surface area contributed by atoms with Gasteiger partial charge < -0.3 is 5.32 Å². The lowest BCUT2D eigenvalue weighted by Crippen LogP contribution is -2.41. The molecule has 1 heterocycles. The molecule has 8 heteroatoms. The number of nitrogens with one attached hydrogen (secondary N) is 1. The summed E-state index contributed by atoms with van der Waals surface area (Å²) >= 11 is 5.63. The molecular weight excluding hydrogens is 391 g/mol. The van der Waals surface area contributed by atoms with E-state index in [4.69, 9.17) is 11.6 Å². The Labute approximate surface area is 163 Å². The first-order valence-electron chi connectivity index (χ1n) is 8.60. The second kappa shape index (κ2) is 7.96. The quantitative estimate of drug-likeness (QED) is 0.833. The van der Waals surface area contributed by atoms with Gasteiger partial charge >= 0.3 is 0 Å². The standard InChI is InChI=1S/C19H20ClFN2O3S/c1-13-2-5-16(6-3-13)27(25,26)23-10-8-14(9-11-23)19(24)22-15-4-7-17(20)18(21)12-15/h2-7,12,14H,8-11H2,1H3,(H,22,24). The molecule has 1 saturated heterocycles. The summed E-state index contributed by atoms with van der Waals surface area (Å²) in [7, 11) is -3.56. The van der Waals surface area contributed by atoms with E-state index in [0.717, 1.165) is 11.6 Å². The lowest BCUT2D eigenvalue weighted by atomic mass is 9.97. The second-order valence-electron chi connectivity index (χ2n) is 6.61. The molecule has 0 bridgehead atoms. The van der Waals surface area contributed by atoms with Crippen molar-refractivity contribution in [3.05, 3.63) is 58.9 Å². The summed E-state index contributed by atoms with van der Waals surface area (Å²) < 4.78 is 40.3. The molecule has 0 aliphatic carbocycles. The van der Waals surface area contributed by atoms with E-state index in [1.54, 1.807) is 24.3 Å². The molecule has 0 radical (unpaired) electrons. The Morgan fingerprint density at radius 3 is 2.37 bits per heavy atom. The zero-order valence-corrected chi connectivity index (χ0v) is 16.4. The smallest absolute Gasteiger partial charge is 0.243 e. The molecule has 0 aromatic heterocycles. The Hall–Kier alpha value is -1.96. The number of anilines is 1. The van der Waals surface area contributed by atoms with Crippen LogP contribution in [-0.4, -0.2) is 31.7 Å².